The Morgan fingerprint density at radius 1 is 1.11 bits per heavy atom. The first-order chi connectivity index (χ1) is 13.7. The summed E-state index contributed by atoms with van der Waals surface area (Å²) in [7, 11) is 0. The van der Waals surface area contributed by atoms with E-state index in [0.717, 1.165) is 18.5 Å². The molecule has 2 amide bonds. The van der Waals surface area contributed by atoms with E-state index in [1.807, 2.05) is 5.38 Å². The van der Waals surface area contributed by atoms with Crippen molar-refractivity contribution in [3.05, 3.63) is 76.2 Å². The van der Waals surface area contributed by atoms with Gasteiger partial charge in [0, 0.05) is 17.0 Å². The Balaban J connectivity index is 1.45. The summed E-state index contributed by atoms with van der Waals surface area (Å²) in [5.41, 5.74) is 3.99. The summed E-state index contributed by atoms with van der Waals surface area (Å²) in [6.45, 7) is 0.346. The van der Waals surface area contributed by atoms with Gasteiger partial charge in [0.05, 0.1) is 22.5 Å². The van der Waals surface area contributed by atoms with Crippen LogP contribution in [0.15, 0.2) is 59.4 Å². The fourth-order valence-electron chi connectivity index (χ4n) is 2.67. The molecule has 6 nitrogen and oxygen atoms in total. The van der Waals surface area contributed by atoms with Crippen LogP contribution < -0.4 is 15.4 Å². The van der Waals surface area contributed by atoms with Gasteiger partial charge in [-0.25, -0.2) is 4.98 Å². The smallest absolute Gasteiger partial charge is 0.255 e. The minimum Gasteiger partial charge on any atom is -0.487 e. The van der Waals surface area contributed by atoms with Crippen molar-refractivity contribution in [1.82, 2.24) is 10.3 Å². The summed E-state index contributed by atoms with van der Waals surface area (Å²) in [4.78, 5) is 29.3. The number of nitrogens with zero attached hydrogens (tertiary/aromatic N) is 1. The Kier molecular flexibility index (Phi) is 5.34. The third kappa shape index (κ3) is 4.55. The molecule has 4 rings (SSSR count). The van der Waals surface area contributed by atoms with Crippen molar-refractivity contribution in [2.24, 2.45) is 0 Å². The SMILES string of the molecule is O=C(Nc1ccccc1C(=O)NC1CC1)c1cccc(OCc2cscn2)c1. The third-order valence-electron chi connectivity index (χ3n) is 4.30. The van der Waals surface area contributed by atoms with Gasteiger partial charge in [-0.2, -0.15) is 0 Å². The fraction of sp³-hybridized carbons (Fsp3) is 0.190. The average molecular weight is 393 g/mol. The maximum Gasteiger partial charge on any atom is 0.255 e. The van der Waals surface area contributed by atoms with Crippen molar-refractivity contribution in [2.75, 3.05) is 5.32 Å². The van der Waals surface area contributed by atoms with Crippen LogP contribution in [0.25, 0.3) is 0 Å². The maximum atomic E-state index is 12.7. The van der Waals surface area contributed by atoms with Crippen LogP contribution in [0, 0.1) is 0 Å². The van der Waals surface area contributed by atoms with Crippen LogP contribution in [0.4, 0.5) is 5.69 Å². The van der Waals surface area contributed by atoms with E-state index in [1.54, 1.807) is 54.0 Å². The molecule has 1 heterocycles. The zero-order valence-electron chi connectivity index (χ0n) is 15.1. The van der Waals surface area contributed by atoms with E-state index in [-0.39, 0.29) is 17.9 Å². The van der Waals surface area contributed by atoms with E-state index in [2.05, 4.69) is 15.6 Å². The number of anilines is 1. The van der Waals surface area contributed by atoms with Crippen molar-refractivity contribution >= 4 is 28.8 Å². The van der Waals surface area contributed by atoms with E-state index in [1.165, 1.54) is 11.3 Å². The number of ether oxygens (including phenoxy) is 1. The molecule has 1 fully saturated rings. The molecule has 28 heavy (non-hydrogen) atoms. The molecular formula is C21H19N3O3S. The molecule has 1 aromatic heterocycles. The number of hydrogen-bond acceptors (Lipinski definition) is 5. The summed E-state index contributed by atoms with van der Waals surface area (Å²) >= 11 is 1.51. The first kappa shape index (κ1) is 18.2. The van der Waals surface area contributed by atoms with Crippen molar-refractivity contribution in [1.29, 1.82) is 0 Å². The molecule has 2 N–H and O–H groups in total. The molecule has 0 atom stereocenters. The molecule has 1 saturated carbocycles. The molecule has 1 aliphatic carbocycles. The Morgan fingerprint density at radius 3 is 2.75 bits per heavy atom. The van der Waals surface area contributed by atoms with Crippen LogP contribution in [0.2, 0.25) is 0 Å². The number of para-hydroxylation sites is 1. The van der Waals surface area contributed by atoms with Crippen LogP contribution in [-0.2, 0) is 6.61 Å². The van der Waals surface area contributed by atoms with Gasteiger partial charge in [0.15, 0.2) is 0 Å². The highest BCUT2D eigenvalue weighted by Gasteiger charge is 2.25. The Bertz CT molecular complexity index is 984. The van der Waals surface area contributed by atoms with Gasteiger partial charge in [0.2, 0.25) is 0 Å². The molecule has 0 spiro atoms. The van der Waals surface area contributed by atoms with Crippen LogP contribution in [0.3, 0.4) is 0 Å². The van der Waals surface area contributed by atoms with Crippen LogP contribution in [0.1, 0.15) is 39.3 Å². The molecule has 0 radical (unpaired) electrons. The molecule has 1 aliphatic rings. The van der Waals surface area contributed by atoms with Gasteiger partial charge in [0.1, 0.15) is 12.4 Å². The molecule has 3 aromatic rings. The lowest BCUT2D eigenvalue weighted by Gasteiger charge is -2.12. The van der Waals surface area contributed by atoms with E-state index in [9.17, 15) is 9.59 Å². The predicted octanol–water partition coefficient (Wildman–Crippen LogP) is 3.87. The van der Waals surface area contributed by atoms with Gasteiger partial charge in [0.25, 0.3) is 11.8 Å². The van der Waals surface area contributed by atoms with Crippen molar-refractivity contribution in [2.45, 2.75) is 25.5 Å². The summed E-state index contributed by atoms with van der Waals surface area (Å²) < 4.78 is 5.70. The Labute approximate surface area is 166 Å². The number of nitrogens with one attached hydrogen (secondary N) is 2. The Hall–Kier alpha value is -3.19. The summed E-state index contributed by atoms with van der Waals surface area (Å²) in [5.74, 6) is 0.116. The van der Waals surface area contributed by atoms with Crippen molar-refractivity contribution < 1.29 is 14.3 Å². The van der Waals surface area contributed by atoms with Gasteiger partial charge < -0.3 is 15.4 Å². The first-order valence-electron chi connectivity index (χ1n) is 9.00. The topological polar surface area (TPSA) is 80.3 Å². The predicted molar refractivity (Wildman–Crippen MR) is 108 cm³/mol. The fourth-order valence-corrected chi connectivity index (χ4v) is 3.21. The lowest BCUT2D eigenvalue weighted by atomic mass is 10.1. The average Bonchev–Trinajstić information content (AvgIpc) is 3.37. The largest absolute Gasteiger partial charge is 0.487 e. The van der Waals surface area contributed by atoms with Crippen molar-refractivity contribution in [3.63, 3.8) is 0 Å². The molecule has 2 aromatic carbocycles. The maximum absolute atomic E-state index is 12.7. The number of rotatable bonds is 7. The second-order valence-electron chi connectivity index (χ2n) is 6.54. The standard InChI is InChI=1S/C21H19N3O3S/c25-20(14-4-3-5-17(10-14)27-11-16-12-28-13-22-16)24-19-7-2-1-6-18(19)21(26)23-15-8-9-15/h1-7,10,12-13,15H,8-9,11H2,(H,23,26)(H,24,25). The zero-order valence-corrected chi connectivity index (χ0v) is 15.9. The van der Waals surface area contributed by atoms with Gasteiger partial charge in [-0.1, -0.05) is 18.2 Å². The second kappa shape index (κ2) is 8.22. The highest BCUT2D eigenvalue weighted by atomic mass is 32.1. The number of carbonyl (C=O) groups excluding carboxylic acids is 2. The Morgan fingerprint density at radius 2 is 1.96 bits per heavy atom. The van der Waals surface area contributed by atoms with E-state index in [0.29, 0.717) is 29.2 Å². The van der Waals surface area contributed by atoms with Gasteiger partial charge in [-0.3, -0.25) is 9.59 Å². The minimum absolute atomic E-state index is 0.168. The minimum atomic E-state index is -0.300. The molecule has 0 aliphatic heterocycles. The molecule has 0 bridgehead atoms. The molecule has 0 saturated heterocycles. The van der Waals surface area contributed by atoms with Crippen LogP contribution in [-0.4, -0.2) is 22.8 Å². The number of thiazole rings is 1. The van der Waals surface area contributed by atoms with E-state index < -0.39 is 0 Å². The van der Waals surface area contributed by atoms with Gasteiger partial charge in [-0.05, 0) is 43.2 Å². The van der Waals surface area contributed by atoms with Gasteiger partial charge in [-0.15, -0.1) is 11.3 Å². The molecule has 7 heteroatoms. The molecular weight excluding hydrogens is 374 g/mol. The monoisotopic (exact) mass is 393 g/mol. The van der Waals surface area contributed by atoms with E-state index in [4.69, 9.17) is 4.74 Å². The highest BCUT2D eigenvalue weighted by Crippen LogP contribution is 2.22. The second-order valence-corrected chi connectivity index (χ2v) is 7.26. The van der Waals surface area contributed by atoms with E-state index >= 15 is 0 Å². The molecule has 142 valence electrons. The van der Waals surface area contributed by atoms with Crippen LogP contribution >= 0.6 is 11.3 Å². The number of benzene rings is 2. The first-order valence-corrected chi connectivity index (χ1v) is 9.94. The molecule has 0 unspecified atom stereocenters. The quantitative estimate of drug-likeness (QED) is 0.639. The summed E-state index contributed by atoms with van der Waals surface area (Å²) in [5, 5.41) is 7.70. The number of aromatic nitrogens is 1. The lowest BCUT2D eigenvalue weighted by molar-refractivity contribution is 0.0952. The number of carbonyl (C=O) groups is 2. The number of amides is 2. The number of hydrogen-bond donors (Lipinski definition) is 2. The van der Waals surface area contributed by atoms with Gasteiger partial charge >= 0.3 is 0 Å². The van der Waals surface area contributed by atoms with Crippen LogP contribution in [0.5, 0.6) is 5.75 Å². The van der Waals surface area contributed by atoms with Crippen molar-refractivity contribution in [3.8, 4) is 5.75 Å². The lowest BCUT2D eigenvalue weighted by Crippen LogP contribution is -2.27. The normalized spacial score (nSPS) is 13.0. The third-order valence-corrected chi connectivity index (χ3v) is 4.93. The highest BCUT2D eigenvalue weighted by molar-refractivity contribution is 7.07. The zero-order chi connectivity index (χ0) is 19.3. The summed E-state index contributed by atoms with van der Waals surface area (Å²) in [6, 6.07) is 14.2. The summed E-state index contributed by atoms with van der Waals surface area (Å²) in [6.07, 6.45) is 2.02.